The van der Waals surface area contributed by atoms with Gasteiger partial charge in [0.15, 0.2) is 17.2 Å². The normalized spacial score (nSPS) is 26.0. The Balaban J connectivity index is 1.97. The van der Waals surface area contributed by atoms with Crippen molar-refractivity contribution in [2.45, 2.75) is 37.6 Å². The van der Waals surface area contributed by atoms with Crippen LogP contribution in [0.1, 0.15) is 36.9 Å². The Morgan fingerprint density at radius 2 is 1.81 bits per heavy atom. The summed E-state index contributed by atoms with van der Waals surface area (Å²) in [5, 5.41) is 24.6. The van der Waals surface area contributed by atoms with Gasteiger partial charge in [-0.2, -0.15) is 13.2 Å². The highest BCUT2D eigenvalue weighted by Crippen LogP contribution is 2.57. The zero-order valence-electron chi connectivity index (χ0n) is 16.6. The van der Waals surface area contributed by atoms with Crippen LogP contribution >= 0.6 is 0 Å². The van der Waals surface area contributed by atoms with Crippen molar-refractivity contribution < 1.29 is 27.8 Å². The maximum atomic E-state index is 14.3. The number of alkyl halides is 3. The predicted molar refractivity (Wildman–Crippen MR) is 108 cm³/mol. The molecule has 4 unspecified atom stereocenters. The lowest BCUT2D eigenvalue weighted by Crippen LogP contribution is -2.60. The minimum atomic E-state index is -5.03. The van der Waals surface area contributed by atoms with Gasteiger partial charge in [0.25, 0.3) is 0 Å². The summed E-state index contributed by atoms with van der Waals surface area (Å²) >= 11 is 0. The molecule has 1 aliphatic rings. The summed E-state index contributed by atoms with van der Waals surface area (Å²) in [5.74, 6) is -4.05. The highest BCUT2D eigenvalue weighted by atomic mass is 19.4. The first-order chi connectivity index (χ1) is 14.5. The van der Waals surface area contributed by atoms with E-state index in [2.05, 4.69) is 10.3 Å². The maximum absolute atomic E-state index is 14.3. The lowest BCUT2D eigenvalue weighted by molar-refractivity contribution is -0.289. The molecule has 4 rings (SSSR count). The lowest BCUT2D eigenvalue weighted by atomic mass is 9.64. The Bertz CT molecular complexity index is 1220. The molecular formula is C22H20F4N2O3. The fraction of sp³-hybridized carbons (Fsp3) is 0.318. The number of phenols is 1. The molecule has 164 valence electrons. The van der Waals surface area contributed by atoms with Crippen molar-refractivity contribution in [2.75, 3.05) is 5.32 Å². The van der Waals surface area contributed by atoms with Gasteiger partial charge in [-0.25, -0.2) is 4.39 Å². The Kier molecular flexibility index (Phi) is 4.77. The van der Waals surface area contributed by atoms with Crippen molar-refractivity contribution in [2.24, 2.45) is 5.92 Å². The first-order valence-corrected chi connectivity index (χ1v) is 9.65. The number of pyridine rings is 1. The molecule has 9 heteroatoms. The van der Waals surface area contributed by atoms with Crippen molar-refractivity contribution in [3.63, 3.8) is 0 Å². The molecule has 1 aliphatic carbocycles. The minimum absolute atomic E-state index is 0.0209. The molecule has 4 N–H and O–H groups in total. The van der Waals surface area contributed by atoms with Gasteiger partial charge in [-0.15, -0.1) is 0 Å². The maximum Gasteiger partial charge on any atom is 0.419 e. The van der Waals surface area contributed by atoms with Crippen LogP contribution in [0.15, 0.2) is 47.3 Å². The largest absolute Gasteiger partial charge is 0.505 e. The number of aromatic hydroxyl groups is 1. The highest BCUT2D eigenvalue weighted by Gasteiger charge is 2.65. The van der Waals surface area contributed by atoms with Crippen LogP contribution in [-0.2, 0) is 0 Å². The molecule has 4 atom stereocenters. The molecule has 3 aromatic rings. The number of phenolic OH excluding ortho intramolecular Hbond substituents is 1. The van der Waals surface area contributed by atoms with E-state index in [0.29, 0.717) is 10.9 Å². The lowest BCUT2D eigenvalue weighted by Gasteiger charge is -2.49. The second-order valence-corrected chi connectivity index (χ2v) is 7.97. The summed E-state index contributed by atoms with van der Waals surface area (Å²) in [6.45, 7) is 2.64. The molecule has 0 radical (unpaired) electrons. The molecule has 1 heterocycles. The number of hydrogen-bond donors (Lipinski definition) is 4. The summed E-state index contributed by atoms with van der Waals surface area (Å²) in [6, 6.07) is 7.65. The third kappa shape index (κ3) is 3.06. The standard InChI is InChI=1S/C22H20F4N2O3/c1-10-11(2)21(31,22(24,25)26)20(13-6-8-14(23)19(30)18(10)13)28-16-5-3-4-15-12(16)7-9-17(29)27-15/h3-11,20,28,30-31H,1-2H3,(H,27,29). The molecular weight excluding hydrogens is 416 g/mol. The third-order valence-corrected chi connectivity index (χ3v) is 6.37. The van der Waals surface area contributed by atoms with Gasteiger partial charge in [-0.05, 0) is 35.7 Å². The number of rotatable bonds is 2. The topological polar surface area (TPSA) is 85.4 Å². The van der Waals surface area contributed by atoms with Crippen LogP contribution in [0.4, 0.5) is 23.2 Å². The van der Waals surface area contributed by atoms with Crippen LogP contribution in [0.5, 0.6) is 5.75 Å². The molecule has 0 bridgehead atoms. The summed E-state index contributed by atoms with van der Waals surface area (Å²) in [5.41, 5.74) is -2.99. The smallest absolute Gasteiger partial charge is 0.419 e. The molecule has 31 heavy (non-hydrogen) atoms. The SMILES string of the molecule is CC1c2c(ccc(F)c2O)C(Nc2cccc3[nH]c(=O)ccc23)C(O)(C(F)(F)F)C1C. The summed E-state index contributed by atoms with van der Waals surface area (Å²) in [7, 11) is 0. The van der Waals surface area contributed by atoms with Gasteiger partial charge in [0.1, 0.15) is 0 Å². The summed E-state index contributed by atoms with van der Waals surface area (Å²) < 4.78 is 56.9. The van der Waals surface area contributed by atoms with Gasteiger partial charge >= 0.3 is 6.18 Å². The van der Waals surface area contributed by atoms with Crippen LogP contribution in [0.2, 0.25) is 0 Å². The van der Waals surface area contributed by atoms with Crippen molar-refractivity contribution in [1.29, 1.82) is 0 Å². The van der Waals surface area contributed by atoms with Gasteiger partial charge in [0.2, 0.25) is 5.56 Å². The van der Waals surface area contributed by atoms with Crippen molar-refractivity contribution in [3.05, 3.63) is 69.8 Å². The average Bonchev–Trinajstić information content (AvgIpc) is 2.70. The van der Waals surface area contributed by atoms with E-state index in [1.807, 2.05) is 0 Å². The van der Waals surface area contributed by atoms with Crippen LogP contribution in [0.25, 0.3) is 10.9 Å². The first kappa shape index (κ1) is 21.2. The molecule has 0 saturated heterocycles. The first-order valence-electron chi connectivity index (χ1n) is 9.65. The average molecular weight is 436 g/mol. The van der Waals surface area contributed by atoms with Gasteiger partial charge in [-0.1, -0.05) is 26.0 Å². The van der Waals surface area contributed by atoms with Crippen LogP contribution < -0.4 is 10.9 Å². The quantitative estimate of drug-likeness (QED) is 0.444. The molecule has 0 fully saturated rings. The van der Waals surface area contributed by atoms with Crippen molar-refractivity contribution in [3.8, 4) is 5.75 Å². The number of aliphatic hydroxyl groups is 1. The fourth-order valence-corrected chi connectivity index (χ4v) is 4.54. The fourth-order valence-electron chi connectivity index (χ4n) is 4.54. The van der Waals surface area contributed by atoms with E-state index in [4.69, 9.17) is 0 Å². The van der Waals surface area contributed by atoms with Crippen LogP contribution in [-0.4, -0.2) is 27.0 Å². The molecule has 0 amide bonds. The molecule has 0 spiro atoms. The number of fused-ring (bicyclic) bond motifs is 2. The van der Waals surface area contributed by atoms with E-state index < -0.39 is 41.2 Å². The predicted octanol–water partition coefficient (Wildman–Crippen LogP) is 4.57. The number of H-pyrrole nitrogens is 1. The second kappa shape index (κ2) is 6.98. The van der Waals surface area contributed by atoms with E-state index in [1.54, 1.807) is 12.1 Å². The molecule has 1 aromatic heterocycles. The molecule has 0 aliphatic heterocycles. The Morgan fingerprint density at radius 3 is 2.48 bits per heavy atom. The monoisotopic (exact) mass is 436 g/mol. The van der Waals surface area contributed by atoms with Gasteiger partial charge in [-0.3, -0.25) is 4.79 Å². The second-order valence-electron chi connectivity index (χ2n) is 7.97. The van der Waals surface area contributed by atoms with Crippen molar-refractivity contribution in [1.82, 2.24) is 4.98 Å². The van der Waals surface area contributed by atoms with Gasteiger partial charge in [0.05, 0.1) is 11.6 Å². The van der Waals surface area contributed by atoms with E-state index >= 15 is 0 Å². The van der Waals surface area contributed by atoms with E-state index in [1.165, 1.54) is 32.0 Å². The zero-order valence-corrected chi connectivity index (χ0v) is 16.6. The minimum Gasteiger partial charge on any atom is -0.505 e. The number of aromatic nitrogens is 1. The molecule has 0 saturated carbocycles. The molecule has 5 nitrogen and oxygen atoms in total. The number of aromatic amines is 1. The Labute approximate surface area is 174 Å². The number of hydrogen-bond acceptors (Lipinski definition) is 4. The number of nitrogens with one attached hydrogen (secondary N) is 2. The number of benzene rings is 2. The number of anilines is 1. The van der Waals surface area contributed by atoms with Crippen LogP contribution in [0.3, 0.4) is 0 Å². The Morgan fingerprint density at radius 1 is 1.10 bits per heavy atom. The zero-order chi connectivity index (χ0) is 22.7. The Hall–Kier alpha value is -3.07. The van der Waals surface area contributed by atoms with E-state index in [9.17, 15) is 32.6 Å². The summed E-state index contributed by atoms with van der Waals surface area (Å²) in [4.78, 5) is 14.2. The number of halogens is 4. The van der Waals surface area contributed by atoms with Gasteiger partial charge in [0, 0.05) is 28.6 Å². The van der Waals surface area contributed by atoms with E-state index in [0.717, 1.165) is 12.1 Å². The summed E-state index contributed by atoms with van der Waals surface area (Å²) in [6.07, 6.45) is -5.03. The van der Waals surface area contributed by atoms with E-state index in [-0.39, 0.29) is 22.4 Å². The highest BCUT2D eigenvalue weighted by molar-refractivity contribution is 5.91. The van der Waals surface area contributed by atoms with Crippen molar-refractivity contribution >= 4 is 16.6 Å². The van der Waals surface area contributed by atoms with Crippen LogP contribution in [0, 0.1) is 11.7 Å². The molecule has 2 aromatic carbocycles. The van der Waals surface area contributed by atoms with Gasteiger partial charge < -0.3 is 20.5 Å². The third-order valence-electron chi connectivity index (χ3n) is 6.37.